The first-order valence-corrected chi connectivity index (χ1v) is 13.0. The fourth-order valence-electron chi connectivity index (χ4n) is 2.54. The molecule has 0 saturated carbocycles. The molecule has 0 unspecified atom stereocenters. The lowest BCUT2D eigenvalue weighted by Gasteiger charge is -2.14. The minimum atomic E-state index is -0.927. The van der Waals surface area contributed by atoms with Crippen LogP contribution in [-0.2, 0) is 9.47 Å². The number of carbonyl (C=O) groups is 2. The number of benzene rings is 1. The van der Waals surface area contributed by atoms with Gasteiger partial charge in [0.25, 0.3) is 0 Å². The van der Waals surface area contributed by atoms with Gasteiger partial charge in [0.15, 0.2) is 0 Å². The van der Waals surface area contributed by atoms with Gasteiger partial charge in [-0.15, -0.1) is 0 Å². The molecule has 5 nitrogen and oxygen atoms in total. The smallest absolute Gasteiger partial charge is 0.342 e. The number of anilines is 1. The molecule has 0 aliphatic heterocycles. The van der Waals surface area contributed by atoms with E-state index in [-0.39, 0.29) is 38.5 Å². The molecule has 0 spiro atoms. The number of rotatable bonds is 4. The highest BCUT2D eigenvalue weighted by Gasteiger charge is 2.20. The van der Waals surface area contributed by atoms with Crippen LogP contribution in [-0.4, -0.2) is 24.1 Å². The zero-order valence-electron chi connectivity index (χ0n) is 25.6. The number of hydrogen-bond donors (Lipinski definition) is 1. The van der Waals surface area contributed by atoms with Gasteiger partial charge in [0.1, 0.15) is 0 Å². The Bertz CT molecular complexity index is 1250. The molecule has 0 aliphatic carbocycles. The molecule has 1 aromatic carbocycles. The maximum absolute atomic E-state index is 13.0. The van der Waals surface area contributed by atoms with Crippen molar-refractivity contribution >= 4 is 17.6 Å². The summed E-state index contributed by atoms with van der Waals surface area (Å²) < 4.78 is 11.2. The van der Waals surface area contributed by atoms with Crippen LogP contribution >= 0.6 is 0 Å². The van der Waals surface area contributed by atoms with E-state index in [1.165, 1.54) is 18.2 Å². The Hall–Kier alpha value is -3.80. The van der Waals surface area contributed by atoms with E-state index in [4.69, 9.17) is 15.2 Å². The van der Waals surface area contributed by atoms with Crippen molar-refractivity contribution in [2.24, 2.45) is 21.7 Å². The van der Waals surface area contributed by atoms with E-state index in [0.29, 0.717) is 0 Å². The predicted molar refractivity (Wildman–Crippen MR) is 158 cm³/mol. The summed E-state index contributed by atoms with van der Waals surface area (Å²) >= 11 is 0. The first-order valence-electron chi connectivity index (χ1n) is 13.0. The van der Waals surface area contributed by atoms with E-state index < -0.39 is 24.1 Å². The summed E-state index contributed by atoms with van der Waals surface area (Å²) in [7, 11) is 0. The van der Waals surface area contributed by atoms with E-state index in [9.17, 15) is 9.59 Å². The molecular weight excluding hydrogens is 486 g/mol. The largest absolute Gasteiger partial charge is 0.433 e. The molecule has 1 aromatic rings. The summed E-state index contributed by atoms with van der Waals surface area (Å²) in [6.45, 7) is 23.5. The highest BCUT2D eigenvalue weighted by Crippen LogP contribution is 2.19. The summed E-state index contributed by atoms with van der Waals surface area (Å²) in [6, 6.07) is 4.26. The zero-order valence-corrected chi connectivity index (χ0v) is 25.6. The van der Waals surface area contributed by atoms with Crippen LogP contribution in [0.1, 0.15) is 104 Å². The average Bonchev–Trinajstić information content (AvgIpc) is 2.74. The van der Waals surface area contributed by atoms with Crippen molar-refractivity contribution in [3.63, 3.8) is 0 Å². The number of nitrogen functional groups attached to an aromatic ring is 1. The van der Waals surface area contributed by atoms with Gasteiger partial charge in [0.05, 0.1) is 11.1 Å². The second-order valence-electron chi connectivity index (χ2n) is 13.5. The molecule has 0 heterocycles. The second-order valence-corrected chi connectivity index (χ2v) is 13.5. The lowest BCUT2D eigenvalue weighted by atomic mass is 9.96. The molecule has 39 heavy (non-hydrogen) atoms. The van der Waals surface area contributed by atoms with Gasteiger partial charge in [-0.05, 0) is 125 Å². The van der Waals surface area contributed by atoms with Gasteiger partial charge < -0.3 is 15.2 Å². The highest BCUT2D eigenvalue weighted by atomic mass is 16.5. The molecule has 0 amide bonds. The van der Waals surface area contributed by atoms with E-state index in [1.54, 1.807) is 0 Å². The monoisotopic (exact) mass is 529 g/mol. The first kappa shape index (κ1) is 33.2. The summed E-state index contributed by atoms with van der Waals surface area (Å²) in [6.07, 6.45) is -1.84. The summed E-state index contributed by atoms with van der Waals surface area (Å²) in [5, 5.41) is 0. The SMILES string of the molecule is CC(C)(C)C#CC(C#CC(C)(C)C)OC(=O)c1ccc(C(=O)OC(C#CC(C)(C)C)C#CC(C)(C)C)c(N)c1. The molecule has 5 heteroatoms. The molecular formula is C34H43NO4. The quantitative estimate of drug-likeness (QED) is 0.273. The summed E-state index contributed by atoms with van der Waals surface area (Å²) in [5.74, 6) is 22.7. The summed E-state index contributed by atoms with van der Waals surface area (Å²) in [4.78, 5) is 25.9. The van der Waals surface area contributed by atoms with Crippen LogP contribution in [0.4, 0.5) is 5.69 Å². The van der Waals surface area contributed by atoms with Gasteiger partial charge in [0, 0.05) is 27.3 Å². The van der Waals surface area contributed by atoms with Crippen molar-refractivity contribution in [2.45, 2.75) is 95.3 Å². The third-order valence-electron chi connectivity index (χ3n) is 4.27. The van der Waals surface area contributed by atoms with Gasteiger partial charge in [0.2, 0.25) is 12.2 Å². The normalized spacial score (nSPS) is 11.5. The number of hydrogen-bond acceptors (Lipinski definition) is 5. The van der Waals surface area contributed by atoms with Crippen LogP contribution in [0.15, 0.2) is 18.2 Å². The Morgan fingerprint density at radius 2 is 0.949 bits per heavy atom. The molecule has 208 valence electrons. The van der Waals surface area contributed by atoms with Crippen LogP contribution < -0.4 is 5.73 Å². The standard InChI is InChI=1S/C34H43NO4/c1-31(2,3)19-15-25(16-20-32(4,5)6)38-29(36)24-13-14-27(28(35)23-24)30(37)39-26(17-21-33(7,8)9)18-22-34(10,11)12/h13-14,23,25-26H,35H2,1-12H3. The lowest BCUT2D eigenvalue weighted by Crippen LogP contribution is -2.19. The van der Waals surface area contributed by atoms with Crippen LogP contribution in [0, 0.1) is 69.0 Å². The molecule has 0 radical (unpaired) electrons. The number of carbonyl (C=O) groups excluding carboxylic acids is 2. The van der Waals surface area contributed by atoms with Crippen LogP contribution in [0.25, 0.3) is 0 Å². The van der Waals surface area contributed by atoms with E-state index in [1.807, 2.05) is 83.1 Å². The second kappa shape index (κ2) is 12.8. The van der Waals surface area contributed by atoms with Crippen molar-refractivity contribution in [3.05, 3.63) is 29.3 Å². The average molecular weight is 530 g/mol. The topological polar surface area (TPSA) is 78.6 Å². The maximum atomic E-state index is 13.0. The number of esters is 2. The van der Waals surface area contributed by atoms with Gasteiger partial charge in [-0.2, -0.15) is 0 Å². The zero-order chi connectivity index (χ0) is 30.2. The van der Waals surface area contributed by atoms with E-state index in [2.05, 4.69) is 47.4 Å². The third-order valence-corrected chi connectivity index (χ3v) is 4.27. The van der Waals surface area contributed by atoms with Crippen molar-refractivity contribution in [2.75, 3.05) is 5.73 Å². The highest BCUT2D eigenvalue weighted by molar-refractivity contribution is 5.98. The van der Waals surface area contributed by atoms with Crippen molar-refractivity contribution < 1.29 is 19.1 Å². The maximum Gasteiger partial charge on any atom is 0.342 e. The summed E-state index contributed by atoms with van der Waals surface area (Å²) in [5.41, 5.74) is 5.33. The van der Waals surface area contributed by atoms with Gasteiger partial charge in [-0.1, -0.05) is 23.7 Å². The lowest BCUT2D eigenvalue weighted by molar-refractivity contribution is 0.0471. The number of ether oxygens (including phenoxy) is 2. The third kappa shape index (κ3) is 14.6. The predicted octanol–water partition coefficient (Wildman–Crippen LogP) is 6.52. The first-order chi connectivity index (χ1) is 17.5. The van der Waals surface area contributed by atoms with Crippen LogP contribution in [0.3, 0.4) is 0 Å². The fraction of sp³-hybridized carbons (Fsp3) is 0.529. The molecule has 2 N–H and O–H groups in total. The van der Waals surface area contributed by atoms with Crippen molar-refractivity contribution in [3.8, 4) is 47.4 Å². The Morgan fingerprint density at radius 3 is 1.26 bits per heavy atom. The van der Waals surface area contributed by atoms with Gasteiger partial charge >= 0.3 is 11.9 Å². The molecule has 0 saturated heterocycles. The fourth-order valence-corrected chi connectivity index (χ4v) is 2.54. The van der Waals surface area contributed by atoms with E-state index >= 15 is 0 Å². The number of nitrogens with two attached hydrogens (primary N) is 1. The van der Waals surface area contributed by atoms with Crippen LogP contribution in [0.2, 0.25) is 0 Å². The minimum Gasteiger partial charge on any atom is -0.433 e. The van der Waals surface area contributed by atoms with Crippen LogP contribution in [0.5, 0.6) is 0 Å². The van der Waals surface area contributed by atoms with Crippen molar-refractivity contribution in [1.82, 2.24) is 0 Å². The molecule has 0 aliphatic rings. The van der Waals surface area contributed by atoms with Gasteiger partial charge in [-0.25, -0.2) is 9.59 Å². The Balaban J connectivity index is 3.23. The Kier molecular flexibility index (Phi) is 10.9. The van der Waals surface area contributed by atoms with Crippen molar-refractivity contribution in [1.29, 1.82) is 0 Å². The molecule has 0 aromatic heterocycles. The molecule has 1 rings (SSSR count). The molecule has 0 bridgehead atoms. The Morgan fingerprint density at radius 1 is 0.615 bits per heavy atom. The minimum absolute atomic E-state index is 0.0684. The molecule has 0 fully saturated rings. The Labute approximate surface area is 236 Å². The van der Waals surface area contributed by atoms with E-state index in [0.717, 1.165) is 0 Å². The van der Waals surface area contributed by atoms with Gasteiger partial charge in [-0.3, -0.25) is 0 Å². The molecule has 0 atom stereocenters.